The van der Waals surface area contributed by atoms with E-state index in [1.165, 1.54) is 6.07 Å². The topological polar surface area (TPSA) is 51.5 Å². The van der Waals surface area contributed by atoms with Crippen LogP contribution < -0.4 is 10.1 Å². The van der Waals surface area contributed by atoms with Gasteiger partial charge in [0.1, 0.15) is 22.4 Å². The van der Waals surface area contributed by atoms with E-state index < -0.39 is 0 Å². The lowest BCUT2D eigenvalue weighted by molar-refractivity contribution is 0.0926. The lowest BCUT2D eigenvalue weighted by Gasteiger charge is -2.12. The highest BCUT2D eigenvalue weighted by molar-refractivity contribution is 6.55. The summed E-state index contributed by atoms with van der Waals surface area (Å²) in [6.07, 6.45) is 1.56. The Labute approximate surface area is 163 Å². The van der Waals surface area contributed by atoms with Crippen LogP contribution in [-0.4, -0.2) is 12.5 Å². The molecule has 0 atom stereocenters. The maximum atomic E-state index is 11.7. The van der Waals surface area contributed by atoms with Gasteiger partial charge in [0.15, 0.2) is 11.5 Å². The van der Waals surface area contributed by atoms with Crippen molar-refractivity contribution in [1.82, 2.24) is 5.32 Å². The van der Waals surface area contributed by atoms with Crippen molar-refractivity contribution in [2.45, 2.75) is 6.61 Å². The highest BCUT2D eigenvalue weighted by Crippen LogP contribution is 2.48. The molecule has 0 spiro atoms. The van der Waals surface area contributed by atoms with Gasteiger partial charge in [0, 0.05) is 6.54 Å². The highest BCUT2D eigenvalue weighted by Gasteiger charge is 2.21. The minimum atomic E-state index is -0.366. The molecule has 1 heterocycles. The third-order valence-electron chi connectivity index (χ3n) is 2.82. The van der Waals surface area contributed by atoms with Crippen molar-refractivity contribution in [3.63, 3.8) is 0 Å². The van der Waals surface area contributed by atoms with E-state index in [9.17, 15) is 4.79 Å². The molecule has 2 aromatic rings. The fraction of sp³-hybridized carbons (Fsp3) is 0.133. The minimum Gasteiger partial charge on any atom is -0.482 e. The molecule has 0 bridgehead atoms. The summed E-state index contributed by atoms with van der Waals surface area (Å²) in [5.74, 6) is 0.231. The zero-order valence-corrected chi connectivity index (χ0v) is 15.7. The first kappa shape index (κ1) is 19.3. The highest BCUT2D eigenvalue weighted by atomic mass is 35.5. The Morgan fingerprint density at radius 1 is 1.08 bits per heavy atom. The zero-order chi connectivity index (χ0) is 17.9. The molecule has 128 valence electrons. The van der Waals surface area contributed by atoms with Crippen LogP contribution in [0.5, 0.6) is 5.75 Å². The predicted molar refractivity (Wildman–Crippen MR) is 97.1 cm³/mol. The molecule has 0 aliphatic heterocycles. The Kier molecular flexibility index (Phi) is 6.72. The molecule has 0 fully saturated rings. The number of furan rings is 1. The first-order valence-electron chi connectivity index (χ1n) is 6.48. The Hall–Kier alpha value is -1.04. The molecule has 0 aliphatic rings. The van der Waals surface area contributed by atoms with Crippen molar-refractivity contribution in [3.8, 4) is 5.75 Å². The monoisotopic (exact) mass is 427 g/mol. The average molecular weight is 430 g/mol. The smallest absolute Gasteiger partial charge is 0.287 e. The van der Waals surface area contributed by atoms with E-state index in [0.29, 0.717) is 12.3 Å². The Bertz CT molecular complexity index is 759. The second-order valence-corrected chi connectivity index (χ2v) is 6.34. The van der Waals surface area contributed by atoms with Gasteiger partial charge in [-0.1, -0.05) is 64.1 Å². The fourth-order valence-electron chi connectivity index (χ4n) is 1.68. The molecule has 0 saturated carbocycles. The number of nitrogens with one attached hydrogen (secondary N) is 1. The van der Waals surface area contributed by atoms with E-state index in [1.54, 1.807) is 12.1 Å². The summed E-state index contributed by atoms with van der Waals surface area (Å²) in [7, 11) is 0. The van der Waals surface area contributed by atoms with Crippen molar-refractivity contribution in [3.05, 3.63) is 61.4 Å². The van der Waals surface area contributed by atoms with Crippen LogP contribution in [0.25, 0.3) is 0 Å². The predicted octanol–water partition coefficient (Wildman–Crippen LogP) is 6.04. The van der Waals surface area contributed by atoms with E-state index in [0.717, 1.165) is 0 Å². The van der Waals surface area contributed by atoms with Gasteiger partial charge >= 0.3 is 0 Å². The summed E-state index contributed by atoms with van der Waals surface area (Å²) in [5, 5.41) is 2.77. The molecule has 1 aromatic carbocycles. The van der Waals surface area contributed by atoms with Gasteiger partial charge in [0.25, 0.3) is 5.91 Å². The maximum Gasteiger partial charge on any atom is 0.287 e. The first-order valence-corrected chi connectivity index (χ1v) is 8.37. The van der Waals surface area contributed by atoms with E-state index in [-0.39, 0.29) is 49.1 Å². The zero-order valence-electron chi connectivity index (χ0n) is 12.0. The van der Waals surface area contributed by atoms with E-state index in [2.05, 4.69) is 11.9 Å². The molecule has 0 radical (unpaired) electrons. The number of rotatable bonds is 6. The van der Waals surface area contributed by atoms with Gasteiger partial charge in [0.2, 0.25) is 0 Å². The molecule has 1 amide bonds. The quantitative estimate of drug-likeness (QED) is 0.346. The molecule has 0 aliphatic carbocycles. The number of amides is 1. The van der Waals surface area contributed by atoms with Crippen molar-refractivity contribution in [1.29, 1.82) is 0 Å². The second kappa shape index (κ2) is 8.37. The van der Waals surface area contributed by atoms with Crippen LogP contribution in [0.4, 0.5) is 0 Å². The third-order valence-corrected chi connectivity index (χ3v) is 5.06. The molecule has 4 nitrogen and oxygen atoms in total. The summed E-state index contributed by atoms with van der Waals surface area (Å²) in [5.41, 5.74) is 0. The number of benzene rings is 1. The lowest BCUT2D eigenvalue weighted by Crippen LogP contribution is -2.22. The Morgan fingerprint density at radius 2 is 1.67 bits per heavy atom. The molecule has 1 N–H and O–H groups in total. The number of carbonyl (C=O) groups is 1. The molecule has 0 unspecified atom stereocenters. The third kappa shape index (κ3) is 4.13. The van der Waals surface area contributed by atoms with E-state index in [4.69, 9.17) is 67.2 Å². The summed E-state index contributed by atoms with van der Waals surface area (Å²) in [6, 6.07) is 3.10. The van der Waals surface area contributed by atoms with Crippen LogP contribution in [0, 0.1) is 0 Å². The van der Waals surface area contributed by atoms with Crippen molar-refractivity contribution >= 4 is 63.9 Å². The van der Waals surface area contributed by atoms with Crippen molar-refractivity contribution < 1.29 is 13.9 Å². The maximum absolute atomic E-state index is 11.7. The number of hydrogen-bond acceptors (Lipinski definition) is 3. The van der Waals surface area contributed by atoms with Gasteiger partial charge in [-0.15, -0.1) is 6.58 Å². The average Bonchev–Trinajstić information content (AvgIpc) is 3.05. The van der Waals surface area contributed by atoms with Crippen molar-refractivity contribution in [2.24, 2.45) is 0 Å². The van der Waals surface area contributed by atoms with Gasteiger partial charge in [-0.2, -0.15) is 0 Å². The summed E-state index contributed by atoms with van der Waals surface area (Å²) < 4.78 is 10.9. The van der Waals surface area contributed by atoms with Crippen LogP contribution in [0.2, 0.25) is 25.1 Å². The minimum absolute atomic E-state index is 0.0339. The molecule has 24 heavy (non-hydrogen) atoms. The second-order valence-electron chi connectivity index (χ2n) is 4.45. The lowest BCUT2D eigenvalue weighted by atomic mass is 10.3. The van der Waals surface area contributed by atoms with Crippen LogP contribution in [-0.2, 0) is 6.61 Å². The van der Waals surface area contributed by atoms with Crippen LogP contribution in [0.1, 0.15) is 16.3 Å². The van der Waals surface area contributed by atoms with Gasteiger partial charge in [-0.05, 0) is 12.1 Å². The largest absolute Gasteiger partial charge is 0.482 e. The van der Waals surface area contributed by atoms with Gasteiger partial charge < -0.3 is 14.5 Å². The summed E-state index contributed by atoms with van der Waals surface area (Å²) in [4.78, 5) is 11.7. The Morgan fingerprint density at radius 3 is 2.25 bits per heavy atom. The van der Waals surface area contributed by atoms with Gasteiger partial charge in [-0.3, -0.25) is 4.79 Å². The summed E-state index contributed by atoms with van der Waals surface area (Å²) >= 11 is 30.0. The van der Waals surface area contributed by atoms with Gasteiger partial charge in [0.05, 0.1) is 15.1 Å². The SMILES string of the molecule is C=CCNC(=O)c1ccc(COc2c(Cl)c(Cl)c(Cl)c(Cl)c2Cl)o1. The number of ether oxygens (including phenoxy) is 1. The van der Waals surface area contributed by atoms with Crippen LogP contribution in [0.3, 0.4) is 0 Å². The molecule has 2 rings (SSSR count). The van der Waals surface area contributed by atoms with E-state index in [1.807, 2.05) is 0 Å². The normalized spacial score (nSPS) is 10.5. The standard InChI is InChI=1S/C15H10Cl5NO3/c1-2-5-21-15(22)8-4-3-7(24-8)6-23-14-12(19)10(17)9(16)11(18)13(14)20/h2-4H,1,5-6H2,(H,21,22). The molecular weight excluding hydrogens is 419 g/mol. The number of hydrogen-bond donors (Lipinski definition) is 1. The fourth-order valence-corrected chi connectivity index (χ4v) is 2.91. The number of carbonyl (C=O) groups excluding carboxylic acids is 1. The van der Waals surface area contributed by atoms with Gasteiger partial charge in [-0.25, -0.2) is 0 Å². The first-order chi connectivity index (χ1) is 11.4. The number of halogens is 5. The molecular formula is C15H10Cl5NO3. The van der Waals surface area contributed by atoms with Crippen molar-refractivity contribution in [2.75, 3.05) is 6.54 Å². The van der Waals surface area contributed by atoms with E-state index >= 15 is 0 Å². The Balaban J connectivity index is 2.14. The molecule has 9 heteroatoms. The van der Waals surface area contributed by atoms with Crippen LogP contribution >= 0.6 is 58.0 Å². The molecule has 0 saturated heterocycles. The molecule has 1 aromatic heterocycles. The van der Waals surface area contributed by atoms with Crippen LogP contribution in [0.15, 0.2) is 29.2 Å². The summed E-state index contributed by atoms with van der Waals surface area (Å²) in [6.45, 7) is 3.80.